The number of methoxy groups -OCH3 is 1. The molecule has 44 heavy (non-hydrogen) atoms. The van der Waals surface area contributed by atoms with Crippen molar-refractivity contribution in [3.8, 4) is 17.2 Å². The van der Waals surface area contributed by atoms with E-state index >= 15 is 0 Å². The minimum atomic E-state index is -0.167. The minimum absolute atomic E-state index is 0.0321. The van der Waals surface area contributed by atoms with E-state index < -0.39 is 0 Å². The van der Waals surface area contributed by atoms with Gasteiger partial charge in [-0.1, -0.05) is 60.7 Å². The number of fused-ring (bicyclic) bond motifs is 1. The van der Waals surface area contributed by atoms with Crippen molar-refractivity contribution < 1.29 is 19.0 Å². The topological polar surface area (TPSA) is 65.0 Å². The predicted octanol–water partition coefficient (Wildman–Crippen LogP) is 6.46. The van der Waals surface area contributed by atoms with Crippen LogP contribution in [0.3, 0.4) is 0 Å². The van der Waals surface area contributed by atoms with Gasteiger partial charge in [-0.2, -0.15) is 0 Å². The molecular formula is C37H39N3O4. The molecule has 7 nitrogen and oxygen atoms in total. The van der Waals surface area contributed by atoms with Crippen molar-refractivity contribution in [2.24, 2.45) is 0 Å². The summed E-state index contributed by atoms with van der Waals surface area (Å²) in [7, 11) is 1.68. The monoisotopic (exact) mass is 589 g/mol. The van der Waals surface area contributed by atoms with Gasteiger partial charge in [0.1, 0.15) is 17.2 Å². The van der Waals surface area contributed by atoms with Gasteiger partial charge in [-0.05, 0) is 59.2 Å². The van der Waals surface area contributed by atoms with E-state index in [1.807, 2.05) is 54.6 Å². The number of nitrogens with zero attached hydrogens (tertiary/aromatic N) is 2. The van der Waals surface area contributed by atoms with Gasteiger partial charge in [-0.3, -0.25) is 9.69 Å². The van der Waals surface area contributed by atoms with E-state index in [0.29, 0.717) is 19.5 Å². The van der Waals surface area contributed by atoms with Crippen molar-refractivity contribution in [3.05, 3.63) is 126 Å². The molecule has 1 atom stereocenters. The maximum absolute atomic E-state index is 13.5. The lowest BCUT2D eigenvalue weighted by atomic mass is 9.88. The quantitative estimate of drug-likeness (QED) is 0.181. The zero-order valence-electron chi connectivity index (χ0n) is 25.2. The van der Waals surface area contributed by atoms with E-state index in [2.05, 4.69) is 69.5 Å². The molecule has 0 bridgehead atoms. The molecule has 6 rings (SSSR count). The number of rotatable bonds is 12. The summed E-state index contributed by atoms with van der Waals surface area (Å²) in [5.41, 5.74) is 4.46. The first-order valence-corrected chi connectivity index (χ1v) is 15.3. The lowest BCUT2D eigenvalue weighted by Gasteiger charge is -2.26. The van der Waals surface area contributed by atoms with Crippen LogP contribution in [0.1, 0.15) is 29.0 Å². The number of benzene rings is 4. The standard InChI is InChI=1S/C37H39N3O4/c1-42-30-16-14-28(15-17-30)26-40-27-35(33-12-5-6-13-36(33)40)34(25-37(41)38-18-19-39-20-22-43-23-21-39)29-8-7-11-32(24-29)44-31-9-3-2-4-10-31/h2-17,24,27,34H,18-23,25-26H2,1H3,(H,38,41). The second-order valence-electron chi connectivity index (χ2n) is 11.1. The van der Waals surface area contributed by atoms with Gasteiger partial charge in [0.05, 0.1) is 20.3 Å². The maximum atomic E-state index is 13.5. The third-order valence-corrected chi connectivity index (χ3v) is 8.19. The van der Waals surface area contributed by atoms with E-state index in [1.54, 1.807) is 7.11 Å². The number of para-hydroxylation sites is 2. The Morgan fingerprint density at radius 3 is 2.41 bits per heavy atom. The van der Waals surface area contributed by atoms with E-state index in [1.165, 1.54) is 5.56 Å². The van der Waals surface area contributed by atoms with Crippen LogP contribution in [0, 0.1) is 0 Å². The molecule has 4 aromatic carbocycles. The number of nitrogens with one attached hydrogen (secondary N) is 1. The number of aromatic nitrogens is 1. The maximum Gasteiger partial charge on any atom is 0.220 e. The Hall–Kier alpha value is -4.59. The number of morpholine rings is 1. The summed E-state index contributed by atoms with van der Waals surface area (Å²) in [6.45, 7) is 5.44. The van der Waals surface area contributed by atoms with Gasteiger partial charge in [0.15, 0.2) is 0 Å². The van der Waals surface area contributed by atoms with Crippen molar-refractivity contribution >= 4 is 16.8 Å². The lowest BCUT2D eigenvalue weighted by molar-refractivity contribution is -0.121. The summed E-state index contributed by atoms with van der Waals surface area (Å²) in [5.74, 6) is 2.22. The summed E-state index contributed by atoms with van der Waals surface area (Å²) in [4.78, 5) is 15.8. The minimum Gasteiger partial charge on any atom is -0.497 e. The summed E-state index contributed by atoms with van der Waals surface area (Å²) < 4.78 is 19.3. The van der Waals surface area contributed by atoms with Gasteiger partial charge in [0.2, 0.25) is 5.91 Å². The molecule has 0 spiro atoms. The molecule has 7 heteroatoms. The molecule has 1 fully saturated rings. The molecule has 1 saturated heterocycles. The molecular weight excluding hydrogens is 550 g/mol. The highest BCUT2D eigenvalue weighted by atomic mass is 16.5. The molecule has 1 aliphatic rings. The van der Waals surface area contributed by atoms with Crippen LogP contribution >= 0.6 is 0 Å². The first kappa shape index (κ1) is 29.5. The zero-order valence-corrected chi connectivity index (χ0v) is 25.2. The predicted molar refractivity (Wildman–Crippen MR) is 174 cm³/mol. The highest BCUT2D eigenvalue weighted by Gasteiger charge is 2.24. The molecule has 5 aromatic rings. The van der Waals surface area contributed by atoms with Crippen LogP contribution in [0.4, 0.5) is 0 Å². The molecule has 1 aliphatic heterocycles. The SMILES string of the molecule is COc1ccc(Cn2cc(C(CC(=O)NCCN3CCOCC3)c3cccc(Oc4ccccc4)c3)c3ccccc32)cc1. The number of hydrogen-bond acceptors (Lipinski definition) is 5. The Kier molecular flexibility index (Phi) is 9.55. The van der Waals surface area contributed by atoms with Crippen LogP contribution in [0.5, 0.6) is 17.2 Å². The Morgan fingerprint density at radius 2 is 1.61 bits per heavy atom. The second kappa shape index (κ2) is 14.3. The van der Waals surface area contributed by atoms with Gasteiger partial charge in [0, 0.05) is 62.2 Å². The number of carbonyl (C=O) groups excluding carboxylic acids is 1. The van der Waals surface area contributed by atoms with Gasteiger partial charge >= 0.3 is 0 Å². The Labute approximate surface area is 259 Å². The summed E-state index contributed by atoms with van der Waals surface area (Å²) >= 11 is 0. The normalized spacial score (nSPS) is 14.3. The third kappa shape index (κ3) is 7.30. The molecule has 0 saturated carbocycles. The molecule has 0 aliphatic carbocycles. The van der Waals surface area contributed by atoms with Crippen LogP contribution in [0.2, 0.25) is 0 Å². The molecule has 2 heterocycles. The third-order valence-electron chi connectivity index (χ3n) is 8.19. The molecule has 1 amide bonds. The Morgan fingerprint density at radius 1 is 0.864 bits per heavy atom. The van der Waals surface area contributed by atoms with Crippen molar-refractivity contribution in [1.29, 1.82) is 0 Å². The Bertz CT molecular complexity index is 1660. The van der Waals surface area contributed by atoms with E-state index in [-0.39, 0.29) is 11.8 Å². The molecule has 0 radical (unpaired) electrons. The smallest absolute Gasteiger partial charge is 0.220 e. The largest absolute Gasteiger partial charge is 0.497 e. The van der Waals surface area contributed by atoms with Crippen molar-refractivity contribution in [1.82, 2.24) is 14.8 Å². The van der Waals surface area contributed by atoms with Crippen LogP contribution in [0.15, 0.2) is 109 Å². The summed E-state index contributed by atoms with van der Waals surface area (Å²) in [6.07, 6.45) is 2.54. The first-order valence-electron chi connectivity index (χ1n) is 15.3. The summed E-state index contributed by atoms with van der Waals surface area (Å²) in [5, 5.41) is 4.33. The number of hydrogen-bond donors (Lipinski definition) is 1. The van der Waals surface area contributed by atoms with Crippen molar-refractivity contribution in [2.45, 2.75) is 18.9 Å². The first-order chi connectivity index (χ1) is 21.7. The highest BCUT2D eigenvalue weighted by molar-refractivity contribution is 5.87. The lowest BCUT2D eigenvalue weighted by Crippen LogP contribution is -2.41. The van der Waals surface area contributed by atoms with Gasteiger partial charge in [0.25, 0.3) is 0 Å². The zero-order chi connectivity index (χ0) is 30.1. The molecule has 1 unspecified atom stereocenters. The Balaban J connectivity index is 1.30. The average Bonchev–Trinajstić information content (AvgIpc) is 3.43. The van der Waals surface area contributed by atoms with Gasteiger partial charge < -0.3 is 24.1 Å². The van der Waals surface area contributed by atoms with Crippen LogP contribution < -0.4 is 14.8 Å². The number of amides is 1. The molecule has 1 aromatic heterocycles. The van der Waals surface area contributed by atoms with Gasteiger partial charge in [-0.15, -0.1) is 0 Å². The van der Waals surface area contributed by atoms with Crippen molar-refractivity contribution in [3.63, 3.8) is 0 Å². The van der Waals surface area contributed by atoms with E-state index in [9.17, 15) is 4.79 Å². The highest BCUT2D eigenvalue weighted by Crippen LogP contribution is 2.37. The van der Waals surface area contributed by atoms with Crippen molar-refractivity contribution in [2.75, 3.05) is 46.5 Å². The van der Waals surface area contributed by atoms with Crippen LogP contribution in [0.25, 0.3) is 10.9 Å². The van der Waals surface area contributed by atoms with E-state index in [4.69, 9.17) is 14.2 Å². The molecule has 226 valence electrons. The molecule has 1 N–H and O–H groups in total. The fraction of sp³-hybridized carbons (Fsp3) is 0.270. The van der Waals surface area contributed by atoms with Crippen LogP contribution in [-0.2, 0) is 16.1 Å². The fourth-order valence-electron chi connectivity index (χ4n) is 5.87. The number of ether oxygens (including phenoxy) is 3. The van der Waals surface area contributed by atoms with Crippen LogP contribution in [-0.4, -0.2) is 61.9 Å². The average molecular weight is 590 g/mol. The number of carbonyl (C=O) groups is 1. The second-order valence-corrected chi connectivity index (χ2v) is 11.1. The summed E-state index contributed by atoms with van der Waals surface area (Å²) in [6, 6.07) is 34.5. The van der Waals surface area contributed by atoms with Gasteiger partial charge in [-0.25, -0.2) is 0 Å². The fourth-order valence-corrected chi connectivity index (χ4v) is 5.87. The van der Waals surface area contributed by atoms with E-state index in [0.717, 1.165) is 72.1 Å².